The molecule has 1 aromatic carbocycles. The summed E-state index contributed by atoms with van der Waals surface area (Å²) in [4.78, 5) is 4.74. The second kappa shape index (κ2) is 6.96. The molecule has 1 fully saturated rings. The van der Waals surface area contributed by atoms with Gasteiger partial charge in [-0.05, 0) is 25.1 Å². The van der Waals surface area contributed by atoms with Gasteiger partial charge in [0, 0.05) is 17.6 Å². The quantitative estimate of drug-likeness (QED) is 0.704. The second-order valence-corrected chi connectivity index (χ2v) is 7.12. The van der Waals surface area contributed by atoms with Gasteiger partial charge in [-0.15, -0.1) is 11.3 Å². The van der Waals surface area contributed by atoms with Crippen molar-refractivity contribution in [1.82, 2.24) is 19.7 Å². The van der Waals surface area contributed by atoms with E-state index in [1.807, 2.05) is 22.8 Å². The Labute approximate surface area is 149 Å². The predicted octanol–water partition coefficient (Wildman–Crippen LogP) is 3.83. The standard InChI is InChI=1S/C17H18N4OS2/c23-17-20-19-15(21(17)10-14-7-4-8-22-14)9-13-11-24-16(18-13)12-5-2-1-3-6-12/h1-3,5-6,11,14H,4,7-10H2,(H,20,23)/t14-/m0/s1. The van der Waals surface area contributed by atoms with Crippen molar-refractivity contribution in [1.29, 1.82) is 0 Å². The van der Waals surface area contributed by atoms with E-state index in [2.05, 4.69) is 27.7 Å². The van der Waals surface area contributed by atoms with Gasteiger partial charge in [-0.2, -0.15) is 5.10 Å². The van der Waals surface area contributed by atoms with Crippen LogP contribution in [0.2, 0.25) is 0 Å². The summed E-state index contributed by atoms with van der Waals surface area (Å²) in [6, 6.07) is 10.2. The van der Waals surface area contributed by atoms with E-state index in [0.717, 1.165) is 48.1 Å². The Morgan fingerprint density at radius 1 is 1.33 bits per heavy atom. The number of nitrogens with one attached hydrogen (secondary N) is 1. The third kappa shape index (κ3) is 3.33. The Morgan fingerprint density at radius 2 is 2.21 bits per heavy atom. The Bertz CT molecular complexity index is 862. The SMILES string of the molecule is S=c1[nH]nc(Cc2csc(-c3ccccc3)n2)n1C[C@@H]1CCCO1. The zero-order chi connectivity index (χ0) is 16.4. The fourth-order valence-corrected chi connectivity index (χ4v) is 3.98. The van der Waals surface area contributed by atoms with Crippen LogP contribution in [0.4, 0.5) is 0 Å². The number of H-pyrrole nitrogens is 1. The van der Waals surface area contributed by atoms with Crippen LogP contribution in [0.15, 0.2) is 35.7 Å². The molecule has 1 aliphatic heterocycles. The molecule has 1 atom stereocenters. The lowest BCUT2D eigenvalue weighted by Crippen LogP contribution is -2.17. The minimum Gasteiger partial charge on any atom is -0.376 e. The second-order valence-electron chi connectivity index (χ2n) is 5.88. The average Bonchev–Trinajstić information content (AvgIpc) is 3.34. The van der Waals surface area contributed by atoms with E-state index in [-0.39, 0.29) is 6.10 Å². The van der Waals surface area contributed by atoms with Crippen LogP contribution in [0.5, 0.6) is 0 Å². The molecule has 5 nitrogen and oxygen atoms in total. The van der Waals surface area contributed by atoms with E-state index < -0.39 is 0 Å². The summed E-state index contributed by atoms with van der Waals surface area (Å²) in [5.74, 6) is 0.917. The van der Waals surface area contributed by atoms with Crippen molar-refractivity contribution in [3.8, 4) is 10.6 Å². The van der Waals surface area contributed by atoms with Gasteiger partial charge in [-0.3, -0.25) is 5.10 Å². The highest BCUT2D eigenvalue weighted by Gasteiger charge is 2.19. The molecule has 0 spiro atoms. The summed E-state index contributed by atoms with van der Waals surface area (Å²) in [6.07, 6.45) is 3.12. The maximum absolute atomic E-state index is 5.73. The van der Waals surface area contributed by atoms with Crippen molar-refractivity contribution < 1.29 is 4.74 Å². The summed E-state index contributed by atoms with van der Waals surface area (Å²) in [7, 11) is 0. The Morgan fingerprint density at radius 3 is 3.00 bits per heavy atom. The van der Waals surface area contributed by atoms with Gasteiger partial charge in [0.1, 0.15) is 10.8 Å². The highest BCUT2D eigenvalue weighted by atomic mass is 32.1. The molecular weight excluding hydrogens is 340 g/mol. The molecule has 0 aliphatic carbocycles. The van der Waals surface area contributed by atoms with E-state index in [1.54, 1.807) is 11.3 Å². The van der Waals surface area contributed by atoms with Crippen molar-refractivity contribution in [3.63, 3.8) is 0 Å². The molecule has 2 aromatic heterocycles. The Kier molecular flexibility index (Phi) is 4.55. The van der Waals surface area contributed by atoms with Crippen LogP contribution >= 0.6 is 23.6 Å². The smallest absolute Gasteiger partial charge is 0.195 e. The maximum atomic E-state index is 5.73. The summed E-state index contributed by atoms with van der Waals surface area (Å²) in [6.45, 7) is 1.61. The first kappa shape index (κ1) is 15.7. The number of hydrogen-bond donors (Lipinski definition) is 1. The van der Waals surface area contributed by atoms with Gasteiger partial charge < -0.3 is 9.30 Å². The monoisotopic (exact) mass is 358 g/mol. The first-order valence-electron chi connectivity index (χ1n) is 8.05. The molecule has 0 saturated carbocycles. The third-order valence-electron chi connectivity index (χ3n) is 4.16. The fourth-order valence-electron chi connectivity index (χ4n) is 2.93. The van der Waals surface area contributed by atoms with Gasteiger partial charge in [0.2, 0.25) is 0 Å². The molecule has 1 saturated heterocycles. The largest absolute Gasteiger partial charge is 0.376 e. The van der Waals surface area contributed by atoms with Gasteiger partial charge in [0.15, 0.2) is 4.77 Å². The Balaban J connectivity index is 1.53. The van der Waals surface area contributed by atoms with Crippen molar-refractivity contribution in [3.05, 3.63) is 52.0 Å². The number of hydrogen-bond acceptors (Lipinski definition) is 5. The minimum atomic E-state index is 0.239. The lowest BCUT2D eigenvalue weighted by atomic mass is 10.2. The molecule has 3 aromatic rings. The van der Waals surface area contributed by atoms with Gasteiger partial charge in [0.25, 0.3) is 0 Å². The number of aromatic nitrogens is 4. The van der Waals surface area contributed by atoms with Crippen LogP contribution in [0.25, 0.3) is 10.6 Å². The number of ether oxygens (including phenoxy) is 1. The van der Waals surface area contributed by atoms with Crippen LogP contribution in [0.3, 0.4) is 0 Å². The lowest BCUT2D eigenvalue weighted by Gasteiger charge is -2.11. The number of nitrogens with zero attached hydrogens (tertiary/aromatic N) is 3. The molecule has 3 heterocycles. The van der Waals surface area contributed by atoms with E-state index in [4.69, 9.17) is 21.9 Å². The number of benzene rings is 1. The molecule has 124 valence electrons. The van der Waals surface area contributed by atoms with Crippen LogP contribution < -0.4 is 0 Å². The Hall–Kier alpha value is -1.83. The number of rotatable bonds is 5. The van der Waals surface area contributed by atoms with E-state index in [0.29, 0.717) is 11.2 Å². The maximum Gasteiger partial charge on any atom is 0.195 e. The molecule has 24 heavy (non-hydrogen) atoms. The summed E-state index contributed by atoms with van der Waals surface area (Å²) < 4.78 is 8.43. The van der Waals surface area contributed by atoms with Gasteiger partial charge in [-0.1, -0.05) is 30.3 Å². The first-order valence-corrected chi connectivity index (χ1v) is 9.34. The normalized spacial score (nSPS) is 17.4. The molecule has 7 heteroatoms. The number of aromatic amines is 1. The average molecular weight is 358 g/mol. The highest BCUT2D eigenvalue weighted by Crippen LogP contribution is 2.24. The molecule has 1 N–H and O–H groups in total. The molecule has 0 radical (unpaired) electrons. The third-order valence-corrected chi connectivity index (χ3v) is 5.41. The predicted molar refractivity (Wildman–Crippen MR) is 96.7 cm³/mol. The van der Waals surface area contributed by atoms with Crippen LogP contribution in [-0.2, 0) is 17.7 Å². The molecular formula is C17H18N4OS2. The van der Waals surface area contributed by atoms with E-state index in [1.165, 1.54) is 0 Å². The topological polar surface area (TPSA) is 55.7 Å². The zero-order valence-electron chi connectivity index (χ0n) is 13.1. The fraction of sp³-hybridized carbons (Fsp3) is 0.353. The van der Waals surface area contributed by atoms with Crippen LogP contribution in [-0.4, -0.2) is 32.5 Å². The van der Waals surface area contributed by atoms with Gasteiger partial charge >= 0.3 is 0 Å². The highest BCUT2D eigenvalue weighted by molar-refractivity contribution is 7.71. The summed E-state index contributed by atoms with van der Waals surface area (Å²) in [5, 5.41) is 10.4. The molecule has 4 rings (SSSR count). The molecule has 1 aliphatic rings. The minimum absolute atomic E-state index is 0.239. The van der Waals surface area contributed by atoms with Crippen molar-refractivity contribution in [2.75, 3.05) is 6.61 Å². The molecule has 0 unspecified atom stereocenters. The van der Waals surface area contributed by atoms with Crippen molar-refractivity contribution in [2.24, 2.45) is 0 Å². The van der Waals surface area contributed by atoms with Crippen LogP contribution in [0.1, 0.15) is 24.4 Å². The van der Waals surface area contributed by atoms with Gasteiger partial charge in [0.05, 0.1) is 24.8 Å². The van der Waals surface area contributed by atoms with Crippen molar-refractivity contribution >= 4 is 23.6 Å². The molecule has 0 bridgehead atoms. The lowest BCUT2D eigenvalue weighted by molar-refractivity contribution is 0.0960. The van der Waals surface area contributed by atoms with E-state index >= 15 is 0 Å². The molecule has 0 amide bonds. The van der Waals surface area contributed by atoms with Gasteiger partial charge in [-0.25, -0.2) is 4.98 Å². The number of thiazole rings is 1. The van der Waals surface area contributed by atoms with Crippen molar-refractivity contribution in [2.45, 2.75) is 31.9 Å². The van der Waals surface area contributed by atoms with E-state index in [9.17, 15) is 0 Å². The zero-order valence-corrected chi connectivity index (χ0v) is 14.8. The summed E-state index contributed by atoms with van der Waals surface area (Å²) >= 11 is 7.04. The summed E-state index contributed by atoms with van der Waals surface area (Å²) in [5.41, 5.74) is 2.16. The first-order chi connectivity index (χ1) is 11.8. The van der Waals surface area contributed by atoms with Crippen LogP contribution in [0, 0.1) is 4.77 Å².